The fourth-order valence-corrected chi connectivity index (χ4v) is 1.78. The zero-order valence-corrected chi connectivity index (χ0v) is 9.49. The molecule has 0 heterocycles. The van der Waals surface area contributed by atoms with Gasteiger partial charge >= 0.3 is 5.97 Å². The lowest BCUT2D eigenvalue weighted by Crippen LogP contribution is -2.15. The number of halogens is 1. The number of rotatable bonds is 4. The predicted molar refractivity (Wildman–Crippen MR) is 61.0 cm³/mol. The van der Waals surface area contributed by atoms with Gasteiger partial charge in [-0.15, -0.1) is 0 Å². The van der Waals surface area contributed by atoms with Gasteiger partial charge < -0.3 is 15.6 Å². The zero-order chi connectivity index (χ0) is 12.3. The third-order valence-corrected chi connectivity index (χ3v) is 2.97. The van der Waals surface area contributed by atoms with Crippen molar-refractivity contribution in [1.82, 2.24) is 0 Å². The van der Waals surface area contributed by atoms with Crippen LogP contribution >= 0.6 is 11.6 Å². The van der Waals surface area contributed by atoms with Crippen molar-refractivity contribution in [2.75, 3.05) is 6.54 Å². The molecule has 0 aliphatic rings. The summed E-state index contributed by atoms with van der Waals surface area (Å²) in [5.41, 5.74) is 6.58. The molecule has 0 fully saturated rings. The molecule has 0 amide bonds. The van der Waals surface area contributed by atoms with E-state index in [0.29, 0.717) is 22.4 Å². The molecule has 0 aliphatic carbocycles. The highest BCUT2D eigenvalue weighted by Gasteiger charge is 2.17. The maximum Gasteiger partial charge on any atom is 0.336 e. The normalized spacial score (nSPS) is 12.2. The molecule has 4 nitrogen and oxygen atoms in total. The molecule has 0 spiro atoms. The van der Waals surface area contributed by atoms with Gasteiger partial charge in [-0.1, -0.05) is 17.7 Å². The van der Waals surface area contributed by atoms with Gasteiger partial charge in [-0.3, -0.25) is 0 Å². The van der Waals surface area contributed by atoms with Crippen LogP contribution in [0.25, 0.3) is 0 Å². The summed E-state index contributed by atoms with van der Waals surface area (Å²) < 4.78 is 0. The second-order valence-corrected chi connectivity index (χ2v) is 3.80. The number of aromatic carboxylic acids is 1. The van der Waals surface area contributed by atoms with Gasteiger partial charge in [-0.05, 0) is 24.1 Å². The first-order chi connectivity index (χ1) is 7.52. The minimum atomic E-state index is -1.04. The van der Waals surface area contributed by atoms with Gasteiger partial charge in [0.15, 0.2) is 0 Å². The molecule has 1 unspecified atom stereocenters. The van der Waals surface area contributed by atoms with Crippen LogP contribution < -0.4 is 5.73 Å². The SMILES string of the molecule is Cc1c(C(=O)O)ccc(C(C=O)CN)c1Cl. The van der Waals surface area contributed by atoms with Crippen molar-refractivity contribution >= 4 is 23.9 Å². The first-order valence-electron chi connectivity index (χ1n) is 4.70. The molecule has 0 saturated heterocycles. The first kappa shape index (κ1) is 12.7. The van der Waals surface area contributed by atoms with Crippen LogP contribution in [0.3, 0.4) is 0 Å². The van der Waals surface area contributed by atoms with E-state index in [1.165, 1.54) is 12.1 Å². The molecule has 0 bridgehead atoms. The topological polar surface area (TPSA) is 80.4 Å². The number of aldehydes is 1. The molecule has 0 saturated carbocycles. The minimum Gasteiger partial charge on any atom is -0.478 e. The van der Waals surface area contributed by atoms with Crippen molar-refractivity contribution in [3.63, 3.8) is 0 Å². The van der Waals surface area contributed by atoms with Gasteiger partial charge in [-0.2, -0.15) is 0 Å². The fourth-order valence-electron chi connectivity index (χ4n) is 1.48. The Balaban J connectivity index is 3.31. The van der Waals surface area contributed by atoms with E-state index in [9.17, 15) is 9.59 Å². The maximum atomic E-state index is 10.8. The molecule has 3 N–H and O–H groups in total. The smallest absolute Gasteiger partial charge is 0.336 e. The fraction of sp³-hybridized carbons (Fsp3) is 0.273. The summed E-state index contributed by atoms with van der Waals surface area (Å²) in [6.45, 7) is 1.75. The zero-order valence-electron chi connectivity index (χ0n) is 8.74. The lowest BCUT2D eigenvalue weighted by Gasteiger charge is -2.13. The van der Waals surface area contributed by atoms with Crippen molar-refractivity contribution in [2.45, 2.75) is 12.8 Å². The van der Waals surface area contributed by atoms with Gasteiger partial charge in [0, 0.05) is 11.6 Å². The molecule has 1 atom stereocenters. The number of benzene rings is 1. The van der Waals surface area contributed by atoms with E-state index in [2.05, 4.69) is 0 Å². The highest BCUT2D eigenvalue weighted by Crippen LogP contribution is 2.28. The maximum absolute atomic E-state index is 10.8. The van der Waals surface area contributed by atoms with E-state index in [1.54, 1.807) is 6.92 Å². The summed E-state index contributed by atoms with van der Waals surface area (Å²) >= 11 is 6.02. The highest BCUT2D eigenvalue weighted by atomic mass is 35.5. The Kier molecular flexibility index (Phi) is 4.04. The molecule has 0 aromatic heterocycles. The third kappa shape index (κ3) is 2.23. The number of carboxylic acids is 1. The van der Waals surface area contributed by atoms with Crippen LogP contribution in [-0.4, -0.2) is 23.9 Å². The van der Waals surface area contributed by atoms with Gasteiger partial charge in [0.2, 0.25) is 0 Å². The van der Waals surface area contributed by atoms with Crippen molar-refractivity contribution < 1.29 is 14.7 Å². The molecule has 0 radical (unpaired) electrons. The van der Waals surface area contributed by atoms with E-state index in [-0.39, 0.29) is 12.1 Å². The highest BCUT2D eigenvalue weighted by molar-refractivity contribution is 6.32. The average molecular weight is 242 g/mol. The van der Waals surface area contributed by atoms with E-state index in [1.807, 2.05) is 0 Å². The number of carbonyl (C=O) groups is 2. The Morgan fingerprint density at radius 3 is 2.69 bits per heavy atom. The Bertz CT molecular complexity index is 431. The van der Waals surface area contributed by atoms with E-state index < -0.39 is 11.9 Å². The minimum absolute atomic E-state index is 0.135. The molecule has 86 valence electrons. The Labute approximate surface area is 98.0 Å². The summed E-state index contributed by atoms with van der Waals surface area (Å²) in [6, 6.07) is 2.97. The summed E-state index contributed by atoms with van der Waals surface area (Å²) in [5.74, 6) is -1.53. The van der Waals surface area contributed by atoms with Gasteiger partial charge in [0.1, 0.15) is 6.29 Å². The van der Waals surface area contributed by atoms with Crippen LogP contribution in [0.5, 0.6) is 0 Å². The standard InChI is InChI=1S/C11H12ClNO3/c1-6-8(11(15)16)2-3-9(10(6)12)7(4-13)5-14/h2-3,5,7H,4,13H2,1H3,(H,15,16). The molecular formula is C11H12ClNO3. The van der Waals surface area contributed by atoms with Crippen molar-refractivity contribution in [3.05, 3.63) is 33.8 Å². The largest absolute Gasteiger partial charge is 0.478 e. The second-order valence-electron chi connectivity index (χ2n) is 3.42. The van der Waals surface area contributed by atoms with Crippen molar-refractivity contribution in [3.8, 4) is 0 Å². The average Bonchev–Trinajstić information content (AvgIpc) is 2.25. The summed E-state index contributed by atoms with van der Waals surface area (Å²) in [6.07, 6.45) is 0.709. The Morgan fingerprint density at radius 2 is 2.25 bits per heavy atom. The van der Waals surface area contributed by atoms with Crippen LogP contribution in [0.1, 0.15) is 27.4 Å². The molecule has 1 rings (SSSR count). The van der Waals surface area contributed by atoms with Gasteiger partial charge in [0.05, 0.1) is 11.5 Å². The second kappa shape index (κ2) is 5.09. The van der Waals surface area contributed by atoms with Gasteiger partial charge in [0.25, 0.3) is 0 Å². The molecule has 5 heteroatoms. The van der Waals surface area contributed by atoms with Crippen LogP contribution in [0.15, 0.2) is 12.1 Å². The lowest BCUT2D eigenvalue weighted by molar-refractivity contribution is -0.108. The van der Waals surface area contributed by atoms with Crippen molar-refractivity contribution in [1.29, 1.82) is 0 Å². The molecule has 1 aromatic rings. The lowest BCUT2D eigenvalue weighted by atomic mass is 9.96. The van der Waals surface area contributed by atoms with Crippen LogP contribution in [-0.2, 0) is 4.79 Å². The molecule has 1 aromatic carbocycles. The Morgan fingerprint density at radius 1 is 1.62 bits per heavy atom. The monoisotopic (exact) mass is 241 g/mol. The first-order valence-corrected chi connectivity index (χ1v) is 5.08. The third-order valence-electron chi connectivity index (χ3n) is 2.46. The predicted octanol–water partition coefficient (Wildman–Crippen LogP) is 1.59. The number of carbonyl (C=O) groups excluding carboxylic acids is 1. The Hall–Kier alpha value is -1.39. The van der Waals surface area contributed by atoms with Crippen LogP contribution in [0.2, 0.25) is 5.02 Å². The van der Waals surface area contributed by atoms with E-state index in [0.717, 1.165) is 0 Å². The molecule has 16 heavy (non-hydrogen) atoms. The quantitative estimate of drug-likeness (QED) is 0.785. The number of hydrogen-bond acceptors (Lipinski definition) is 3. The number of hydrogen-bond donors (Lipinski definition) is 2. The summed E-state index contributed by atoms with van der Waals surface area (Å²) in [4.78, 5) is 21.6. The van der Waals surface area contributed by atoms with E-state index in [4.69, 9.17) is 22.4 Å². The van der Waals surface area contributed by atoms with E-state index >= 15 is 0 Å². The number of carboxylic acid groups (broad SMARTS) is 1. The van der Waals surface area contributed by atoms with Crippen LogP contribution in [0.4, 0.5) is 0 Å². The number of nitrogens with two attached hydrogens (primary N) is 1. The summed E-state index contributed by atoms with van der Waals surface area (Å²) in [5, 5.41) is 9.18. The van der Waals surface area contributed by atoms with Crippen molar-refractivity contribution in [2.24, 2.45) is 5.73 Å². The summed E-state index contributed by atoms with van der Waals surface area (Å²) in [7, 11) is 0. The van der Waals surface area contributed by atoms with Gasteiger partial charge in [-0.25, -0.2) is 4.79 Å². The molecule has 0 aliphatic heterocycles. The molecular weight excluding hydrogens is 230 g/mol. The van der Waals surface area contributed by atoms with Crippen LogP contribution in [0, 0.1) is 6.92 Å².